The molecule has 0 atom stereocenters. The maximum atomic E-state index is 12.8. The molecule has 5 heteroatoms. The van der Waals surface area contributed by atoms with Gasteiger partial charge in [0, 0.05) is 6.61 Å². The van der Waals surface area contributed by atoms with E-state index in [0.29, 0.717) is 12.2 Å². The molecule has 5 nitrogen and oxygen atoms in total. The van der Waals surface area contributed by atoms with E-state index >= 15 is 0 Å². The number of rotatable bonds is 5. The molecule has 1 aliphatic rings. The first-order valence-electron chi connectivity index (χ1n) is 7.79. The molecule has 0 aromatic heterocycles. The molecule has 0 unspecified atom stereocenters. The van der Waals surface area contributed by atoms with Crippen molar-refractivity contribution in [3.8, 4) is 0 Å². The van der Waals surface area contributed by atoms with Crippen molar-refractivity contribution in [2.24, 2.45) is 0 Å². The van der Waals surface area contributed by atoms with Crippen LogP contribution in [0.15, 0.2) is 17.9 Å². The average Bonchev–Trinajstić information content (AvgIpc) is 2.60. The minimum atomic E-state index is -0.937. The molecule has 0 fully saturated rings. The Morgan fingerprint density at radius 2 is 1.74 bits per heavy atom. The maximum absolute atomic E-state index is 12.8. The van der Waals surface area contributed by atoms with Gasteiger partial charge in [0.05, 0.1) is 5.57 Å². The summed E-state index contributed by atoms with van der Waals surface area (Å²) in [4.78, 5) is 18.3. The zero-order valence-corrected chi connectivity index (χ0v) is 14.7. The third kappa shape index (κ3) is 2.99. The van der Waals surface area contributed by atoms with E-state index in [2.05, 4.69) is 0 Å². The maximum Gasteiger partial charge on any atom is 0.282 e. The molecule has 1 amide bonds. The van der Waals surface area contributed by atoms with Crippen molar-refractivity contribution in [3.63, 3.8) is 0 Å². The summed E-state index contributed by atoms with van der Waals surface area (Å²) in [7, 11) is 0. The molecule has 0 radical (unpaired) electrons. The Bertz CT molecular complexity index is 638. The van der Waals surface area contributed by atoms with Crippen LogP contribution in [0.1, 0.15) is 43.0 Å². The first kappa shape index (κ1) is 17.5. The lowest BCUT2D eigenvalue weighted by Crippen LogP contribution is -2.44. The minimum absolute atomic E-state index is 0.0223. The number of amides is 1. The highest BCUT2D eigenvalue weighted by molar-refractivity contribution is 6.23. The number of benzene rings is 1. The fourth-order valence-corrected chi connectivity index (χ4v) is 3.05. The van der Waals surface area contributed by atoms with Crippen LogP contribution < -0.4 is 0 Å². The van der Waals surface area contributed by atoms with Crippen LogP contribution in [0.2, 0.25) is 0 Å². The van der Waals surface area contributed by atoms with Gasteiger partial charge in [-0.1, -0.05) is 17.7 Å². The van der Waals surface area contributed by atoms with Crippen LogP contribution in [-0.2, 0) is 14.4 Å². The SMILES string of the molecule is CCOCON1C(=O)C(c2c(C)cc(C)cc2C)=C(O)C1(C)C. The first-order valence-corrected chi connectivity index (χ1v) is 7.79. The predicted molar refractivity (Wildman–Crippen MR) is 88.7 cm³/mol. The minimum Gasteiger partial charge on any atom is -0.509 e. The fourth-order valence-electron chi connectivity index (χ4n) is 3.05. The van der Waals surface area contributed by atoms with Gasteiger partial charge in [0.1, 0.15) is 11.3 Å². The van der Waals surface area contributed by atoms with Gasteiger partial charge in [-0.25, -0.2) is 9.90 Å². The highest BCUT2D eigenvalue weighted by atomic mass is 16.8. The molecule has 1 aromatic rings. The van der Waals surface area contributed by atoms with Crippen LogP contribution in [-0.4, -0.2) is 35.0 Å². The highest BCUT2D eigenvalue weighted by Crippen LogP contribution is 2.40. The van der Waals surface area contributed by atoms with Gasteiger partial charge in [0.2, 0.25) is 0 Å². The van der Waals surface area contributed by atoms with Gasteiger partial charge < -0.3 is 9.84 Å². The van der Waals surface area contributed by atoms with Crippen molar-refractivity contribution >= 4 is 11.5 Å². The Hall–Kier alpha value is -1.85. The number of aliphatic hydroxyl groups excluding tert-OH is 1. The molecule has 2 rings (SSSR count). The van der Waals surface area contributed by atoms with Gasteiger partial charge in [-0.3, -0.25) is 4.79 Å². The van der Waals surface area contributed by atoms with E-state index < -0.39 is 5.54 Å². The summed E-state index contributed by atoms with van der Waals surface area (Å²) in [6, 6.07) is 4.01. The third-order valence-corrected chi connectivity index (χ3v) is 4.12. The van der Waals surface area contributed by atoms with E-state index in [9.17, 15) is 9.90 Å². The Labute approximate surface area is 137 Å². The number of aryl methyl sites for hydroxylation is 3. The molecule has 1 aromatic carbocycles. The van der Waals surface area contributed by atoms with Crippen LogP contribution in [0.4, 0.5) is 0 Å². The molecule has 0 aliphatic carbocycles. The second-order valence-corrected chi connectivity index (χ2v) is 6.40. The van der Waals surface area contributed by atoms with Crippen molar-refractivity contribution in [2.75, 3.05) is 13.4 Å². The summed E-state index contributed by atoms with van der Waals surface area (Å²) in [5, 5.41) is 11.9. The smallest absolute Gasteiger partial charge is 0.282 e. The number of hydrogen-bond donors (Lipinski definition) is 1. The van der Waals surface area contributed by atoms with Crippen LogP contribution in [0, 0.1) is 20.8 Å². The standard InChI is InChI=1S/C18H25NO4/c1-7-22-10-23-19-17(21)15(16(20)18(19,5)6)14-12(3)8-11(2)9-13(14)4/h8-9,20H,7,10H2,1-6H3. The van der Waals surface area contributed by atoms with E-state index in [4.69, 9.17) is 9.57 Å². The molecule has 1 N–H and O–H groups in total. The largest absolute Gasteiger partial charge is 0.509 e. The molecular weight excluding hydrogens is 294 g/mol. The van der Waals surface area contributed by atoms with Crippen LogP contribution >= 0.6 is 0 Å². The second kappa shape index (κ2) is 6.34. The summed E-state index contributed by atoms with van der Waals surface area (Å²) < 4.78 is 5.16. The summed E-state index contributed by atoms with van der Waals surface area (Å²) in [6.07, 6.45) is 0. The molecule has 0 saturated carbocycles. The zero-order chi connectivity index (χ0) is 17.4. The lowest BCUT2D eigenvalue weighted by atomic mass is 9.91. The van der Waals surface area contributed by atoms with Gasteiger partial charge >= 0.3 is 0 Å². The van der Waals surface area contributed by atoms with Crippen molar-refractivity contribution in [3.05, 3.63) is 40.1 Å². The van der Waals surface area contributed by atoms with Gasteiger partial charge in [-0.15, -0.1) is 0 Å². The van der Waals surface area contributed by atoms with Gasteiger partial charge in [-0.2, -0.15) is 0 Å². The van der Waals surface area contributed by atoms with Crippen molar-refractivity contribution < 1.29 is 19.5 Å². The number of aliphatic hydroxyl groups is 1. The predicted octanol–water partition coefficient (Wildman–Crippen LogP) is 3.43. The summed E-state index contributed by atoms with van der Waals surface area (Å²) in [6.45, 7) is 11.7. The van der Waals surface area contributed by atoms with Crippen LogP contribution in [0.25, 0.3) is 5.57 Å². The first-order chi connectivity index (χ1) is 10.7. The second-order valence-electron chi connectivity index (χ2n) is 6.40. The number of ether oxygens (including phenoxy) is 1. The monoisotopic (exact) mass is 319 g/mol. The van der Waals surface area contributed by atoms with Crippen LogP contribution in [0.5, 0.6) is 0 Å². The van der Waals surface area contributed by atoms with E-state index in [0.717, 1.165) is 22.3 Å². The van der Waals surface area contributed by atoms with Crippen molar-refractivity contribution in [2.45, 2.75) is 47.1 Å². The lowest BCUT2D eigenvalue weighted by Gasteiger charge is -2.30. The number of carbonyl (C=O) groups excluding carboxylic acids is 1. The molecule has 23 heavy (non-hydrogen) atoms. The average molecular weight is 319 g/mol. The van der Waals surface area contributed by atoms with Crippen LogP contribution in [0.3, 0.4) is 0 Å². The summed E-state index contributed by atoms with van der Waals surface area (Å²) in [5.74, 6) is -0.323. The topological polar surface area (TPSA) is 59.0 Å². The number of hydrogen-bond acceptors (Lipinski definition) is 4. The quantitative estimate of drug-likeness (QED) is 0.667. The van der Waals surface area contributed by atoms with Crippen molar-refractivity contribution in [1.29, 1.82) is 0 Å². The fraction of sp³-hybridized carbons (Fsp3) is 0.500. The number of nitrogens with zero attached hydrogens (tertiary/aromatic N) is 1. The highest BCUT2D eigenvalue weighted by Gasteiger charge is 2.48. The van der Waals surface area contributed by atoms with Gasteiger partial charge in [0.25, 0.3) is 5.91 Å². The Kier molecular flexibility index (Phi) is 4.82. The van der Waals surface area contributed by atoms with E-state index in [-0.39, 0.29) is 18.5 Å². The molecule has 0 spiro atoms. The third-order valence-electron chi connectivity index (χ3n) is 4.12. The van der Waals surface area contributed by atoms with E-state index in [1.807, 2.05) is 39.8 Å². The van der Waals surface area contributed by atoms with Gasteiger partial charge in [-0.05, 0) is 58.2 Å². The molecule has 1 heterocycles. The Balaban J connectivity index is 2.47. The number of hydroxylamine groups is 2. The Morgan fingerprint density at radius 1 is 1.17 bits per heavy atom. The lowest BCUT2D eigenvalue weighted by molar-refractivity contribution is -0.242. The van der Waals surface area contributed by atoms with E-state index in [1.165, 1.54) is 5.06 Å². The van der Waals surface area contributed by atoms with Crippen molar-refractivity contribution in [1.82, 2.24) is 5.06 Å². The molecule has 0 saturated heterocycles. The normalized spacial score (nSPS) is 17.3. The summed E-state index contributed by atoms with van der Waals surface area (Å²) >= 11 is 0. The molecule has 1 aliphatic heterocycles. The molecule has 0 bridgehead atoms. The zero-order valence-electron chi connectivity index (χ0n) is 14.7. The number of carbonyl (C=O) groups is 1. The Morgan fingerprint density at radius 3 is 2.26 bits per heavy atom. The molecule has 126 valence electrons. The van der Waals surface area contributed by atoms with E-state index in [1.54, 1.807) is 13.8 Å². The summed E-state index contributed by atoms with van der Waals surface area (Å²) in [5.41, 5.74) is 3.18. The van der Waals surface area contributed by atoms with Gasteiger partial charge in [0.15, 0.2) is 6.79 Å². The molecular formula is C18H25NO4.